The van der Waals surface area contributed by atoms with Crippen LogP contribution in [0.2, 0.25) is 10.0 Å². The van der Waals surface area contributed by atoms with E-state index < -0.39 is 20.7 Å². The highest BCUT2D eigenvalue weighted by Gasteiger charge is 2.32. The zero-order chi connectivity index (χ0) is 23.5. The number of esters is 1. The summed E-state index contributed by atoms with van der Waals surface area (Å²) in [6.07, 6.45) is 2.91. The molecule has 0 unspecified atom stereocenters. The van der Waals surface area contributed by atoms with Crippen molar-refractivity contribution in [2.24, 2.45) is 0 Å². The Labute approximate surface area is 198 Å². The summed E-state index contributed by atoms with van der Waals surface area (Å²) in [7, 11) is -4.08. The van der Waals surface area contributed by atoms with E-state index in [0.717, 1.165) is 11.4 Å². The van der Waals surface area contributed by atoms with Gasteiger partial charge in [-0.3, -0.25) is 0 Å². The number of hydrogen-bond acceptors (Lipinski definition) is 6. The highest BCUT2D eigenvalue weighted by atomic mass is 35.5. The fourth-order valence-corrected chi connectivity index (χ4v) is 5.15. The summed E-state index contributed by atoms with van der Waals surface area (Å²) in [5, 5.41) is 0.853. The van der Waals surface area contributed by atoms with E-state index >= 15 is 0 Å². The Balaban J connectivity index is 2.15. The highest BCUT2D eigenvalue weighted by Crippen LogP contribution is 2.45. The summed E-state index contributed by atoms with van der Waals surface area (Å²) in [4.78, 5) is 16.2. The van der Waals surface area contributed by atoms with Crippen LogP contribution in [-0.4, -0.2) is 34.1 Å². The molecule has 3 rings (SSSR count). The standard InChI is InChI=1S/C23H24Cl2N2O4S/c1-4-26-19-14-17(24)18(25)15-20(19)27(5-2)22(26)13-12-21(23(28)31-6-3)32(29,30)16-10-8-7-9-11-16/h7-15H,4-6H2,1-3H3/b21-12-. The topological polar surface area (TPSA) is 66.9 Å². The summed E-state index contributed by atoms with van der Waals surface area (Å²) in [5.41, 5.74) is 1.71. The van der Waals surface area contributed by atoms with Crippen LogP contribution < -0.4 is 9.80 Å². The molecule has 170 valence electrons. The number of allylic oxidation sites excluding steroid dienone is 2. The highest BCUT2D eigenvalue weighted by molar-refractivity contribution is 7.96. The van der Waals surface area contributed by atoms with Gasteiger partial charge in [0.15, 0.2) is 4.91 Å². The third-order valence-corrected chi connectivity index (χ3v) is 7.48. The molecule has 1 aliphatic heterocycles. The molecule has 2 aromatic rings. The van der Waals surface area contributed by atoms with Crippen LogP contribution in [-0.2, 0) is 19.4 Å². The summed E-state index contributed by atoms with van der Waals surface area (Å²) < 4.78 is 31.5. The molecule has 2 aromatic carbocycles. The molecule has 9 heteroatoms. The van der Waals surface area contributed by atoms with Crippen molar-refractivity contribution in [3.63, 3.8) is 0 Å². The normalized spacial score (nSPS) is 13.9. The molecular weight excluding hydrogens is 471 g/mol. The number of benzene rings is 2. The van der Waals surface area contributed by atoms with Crippen molar-refractivity contribution in [3.8, 4) is 0 Å². The van der Waals surface area contributed by atoms with Gasteiger partial charge >= 0.3 is 5.97 Å². The average Bonchev–Trinajstić information content (AvgIpc) is 3.06. The Hall–Kier alpha value is -2.48. The minimum Gasteiger partial charge on any atom is -0.462 e. The third kappa shape index (κ3) is 4.51. The first-order chi connectivity index (χ1) is 15.3. The van der Waals surface area contributed by atoms with E-state index in [0.29, 0.717) is 29.0 Å². The second-order valence-electron chi connectivity index (χ2n) is 6.84. The van der Waals surface area contributed by atoms with E-state index in [2.05, 4.69) is 0 Å². The largest absolute Gasteiger partial charge is 0.462 e. The number of carbonyl (C=O) groups is 1. The minimum atomic E-state index is -4.08. The fourth-order valence-electron chi connectivity index (χ4n) is 3.54. The molecule has 0 atom stereocenters. The van der Waals surface area contributed by atoms with E-state index in [1.807, 2.05) is 23.6 Å². The Morgan fingerprint density at radius 1 is 0.969 bits per heavy atom. The minimum absolute atomic E-state index is 0.0191. The van der Waals surface area contributed by atoms with Gasteiger partial charge < -0.3 is 14.5 Å². The van der Waals surface area contributed by atoms with Gasteiger partial charge in [0.05, 0.1) is 32.9 Å². The van der Waals surface area contributed by atoms with Crippen molar-refractivity contribution >= 4 is 50.4 Å². The van der Waals surface area contributed by atoms with Crippen LogP contribution in [0.15, 0.2) is 70.2 Å². The number of ether oxygens (including phenoxy) is 1. The second-order valence-corrected chi connectivity index (χ2v) is 9.57. The molecule has 0 radical (unpaired) electrons. The SMILES string of the molecule is CCOC(=O)/C(=C/C=C1N(CC)c2cc(Cl)c(Cl)cc2N1CC)S(=O)(=O)c1ccccc1. The number of fused-ring (bicyclic) bond motifs is 1. The van der Waals surface area contributed by atoms with E-state index in [9.17, 15) is 13.2 Å². The lowest BCUT2D eigenvalue weighted by Crippen LogP contribution is -2.28. The molecule has 0 aliphatic carbocycles. The maximum Gasteiger partial charge on any atom is 0.350 e. The number of nitrogens with zero attached hydrogens (tertiary/aromatic N) is 2. The first-order valence-corrected chi connectivity index (χ1v) is 12.4. The lowest BCUT2D eigenvalue weighted by Gasteiger charge is -2.23. The van der Waals surface area contributed by atoms with E-state index in [1.54, 1.807) is 43.3 Å². The molecule has 0 bridgehead atoms. The second kappa shape index (κ2) is 9.98. The number of sulfone groups is 1. The van der Waals surface area contributed by atoms with E-state index in [-0.39, 0.29) is 11.5 Å². The van der Waals surface area contributed by atoms with Crippen molar-refractivity contribution in [3.05, 3.63) is 75.4 Å². The summed E-state index contributed by atoms with van der Waals surface area (Å²) in [6.45, 7) is 6.82. The van der Waals surface area contributed by atoms with Crippen LogP contribution in [0.1, 0.15) is 20.8 Å². The quantitative estimate of drug-likeness (QED) is 0.378. The first-order valence-electron chi connectivity index (χ1n) is 10.2. The Morgan fingerprint density at radius 3 is 1.97 bits per heavy atom. The molecular formula is C23H24Cl2N2O4S. The molecule has 0 amide bonds. The summed E-state index contributed by atoms with van der Waals surface area (Å²) >= 11 is 12.5. The van der Waals surface area contributed by atoms with Gasteiger partial charge in [-0.05, 0) is 57.2 Å². The molecule has 0 saturated carbocycles. The lowest BCUT2D eigenvalue weighted by molar-refractivity contribution is -0.137. The van der Waals surface area contributed by atoms with Crippen molar-refractivity contribution in [2.75, 3.05) is 29.5 Å². The monoisotopic (exact) mass is 494 g/mol. The smallest absolute Gasteiger partial charge is 0.350 e. The number of carbonyl (C=O) groups excluding carboxylic acids is 1. The molecule has 0 spiro atoms. The van der Waals surface area contributed by atoms with Crippen LogP contribution in [0.5, 0.6) is 0 Å². The Morgan fingerprint density at radius 2 is 1.50 bits per heavy atom. The first kappa shape index (κ1) is 24.2. The fraction of sp³-hybridized carbons (Fsp3) is 0.261. The Bertz CT molecular complexity index is 1140. The van der Waals surface area contributed by atoms with Crippen LogP contribution in [0.25, 0.3) is 0 Å². The van der Waals surface area contributed by atoms with Gasteiger partial charge in [-0.2, -0.15) is 0 Å². The predicted octanol–water partition coefficient (Wildman–Crippen LogP) is 5.42. The van der Waals surface area contributed by atoms with Crippen LogP contribution in [0.3, 0.4) is 0 Å². The van der Waals surface area contributed by atoms with Gasteiger partial charge in [-0.25, -0.2) is 13.2 Å². The molecule has 0 N–H and O–H groups in total. The van der Waals surface area contributed by atoms with Crippen molar-refractivity contribution in [2.45, 2.75) is 25.7 Å². The molecule has 6 nitrogen and oxygen atoms in total. The number of anilines is 2. The average molecular weight is 495 g/mol. The maximum absolute atomic E-state index is 13.2. The van der Waals surface area contributed by atoms with Gasteiger partial charge in [0.1, 0.15) is 5.82 Å². The molecule has 0 aromatic heterocycles. The van der Waals surface area contributed by atoms with Gasteiger partial charge in [-0.1, -0.05) is 41.4 Å². The number of halogens is 2. The zero-order valence-electron chi connectivity index (χ0n) is 18.0. The zero-order valence-corrected chi connectivity index (χ0v) is 20.3. The summed E-state index contributed by atoms with van der Waals surface area (Å²) in [6, 6.07) is 11.4. The molecule has 0 saturated heterocycles. The number of hydrogen-bond donors (Lipinski definition) is 0. The van der Waals surface area contributed by atoms with Crippen molar-refractivity contribution in [1.82, 2.24) is 0 Å². The van der Waals surface area contributed by atoms with Crippen LogP contribution in [0, 0.1) is 0 Å². The molecule has 1 aliphatic rings. The molecule has 1 heterocycles. The van der Waals surface area contributed by atoms with Crippen LogP contribution >= 0.6 is 23.2 Å². The Kier molecular flexibility index (Phi) is 7.54. The van der Waals surface area contributed by atoms with Crippen LogP contribution in [0.4, 0.5) is 11.4 Å². The van der Waals surface area contributed by atoms with E-state index in [1.165, 1.54) is 18.2 Å². The maximum atomic E-state index is 13.2. The molecule has 0 fully saturated rings. The molecule has 32 heavy (non-hydrogen) atoms. The third-order valence-electron chi connectivity index (χ3n) is 4.99. The lowest BCUT2D eigenvalue weighted by atomic mass is 10.2. The van der Waals surface area contributed by atoms with Crippen molar-refractivity contribution < 1.29 is 17.9 Å². The van der Waals surface area contributed by atoms with Gasteiger partial charge in [0, 0.05) is 13.1 Å². The predicted molar refractivity (Wildman–Crippen MR) is 129 cm³/mol. The number of rotatable bonds is 7. The van der Waals surface area contributed by atoms with Gasteiger partial charge in [0.2, 0.25) is 9.84 Å². The summed E-state index contributed by atoms with van der Waals surface area (Å²) in [5.74, 6) is -0.200. The van der Waals surface area contributed by atoms with Gasteiger partial charge in [0.25, 0.3) is 0 Å². The van der Waals surface area contributed by atoms with Crippen molar-refractivity contribution in [1.29, 1.82) is 0 Å². The van der Waals surface area contributed by atoms with Gasteiger partial charge in [-0.15, -0.1) is 0 Å². The van der Waals surface area contributed by atoms with E-state index in [4.69, 9.17) is 27.9 Å².